The first-order valence-electron chi connectivity index (χ1n) is 4.39. The first-order valence-corrected chi connectivity index (χ1v) is 5.20. The number of rotatable bonds is 4. The second-order valence-electron chi connectivity index (χ2n) is 3.10. The van der Waals surface area contributed by atoms with Gasteiger partial charge in [-0.3, -0.25) is 4.79 Å². The van der Waals surface area contributed by atoms with E-state index in [0.29, 0.717) is 11.4 Å². The van der Waals surface area contributed by atoms with Gasteiger partial charge in [0.2, 0.25) is 0 Å². The Morgan fingerprint density at radius 2 is 2.40 bits per heavy atom. The lowest BCUT2D eigenvalue weighted by molar-refractivity contribution is 0.0962. The highest BCUT2D eigenvalue weighted by atomic mass is 32.1. The zero-order valence-corrected chi connectivity index (χ0v) is 9.60. The minimum atomic E-state index is -0.210. The lowest BCUT2D eigenvalue weighted by Gasteiger charge is -2.04. The van der Waals surface area contributed by atoms with Crippen molar-refractivity contribution in [2.24, 2.45) is 0 Å². The summed E-state index contributed by atoms with van der Waals surface area (Å²) < 4.78 is 0. The van der Waals surface area contributed by atoms with Crippen LogP contribution in [0, 0.1) is 0 Å². The molecule has 0 radical (unpaired) electrons. The van der Waals surface area contributed by atoms with Crippen molar-refractivity contribution in [3.05, 3.63) is 17.5 Å². The molecule has 0 fully saturated rings. The number of hydrogen-bond acceptors (Lipinski definition) is 5. The van der Waals surface area contributed by atoms with E-state index in [1.54, 1.807) is 6.08 Å². The molecular weight excluding hydrogens is 212 g/mol. The molecule has 1 rings (SSSR count). The van der Waals surface area contributed by atoms with E-state index in [2.05, 4.69) is 16.9 Å². The first kappa shape index (κ1) is 11.5. The number of carbonyl (C=O) groups is 1. The molecule has 1 aromatic rings. The second-order valence-corrected chi connectivity index (χ2v) is 4.08. The van der Waals surface area contributed by atoms with Crippen LogP contribution in [0.1, 0.15) is 9.67 Å². The van der Waals surface area contributed by atoms with E-state index in [4.69, 9.17) is 5.73 Å². The standard InChI is InChI=1S/C9H14N4OS/c1-4-5-11-8(14)6-7(10)12-9(15-6)13(2)3/h4H,1,5,10H2,2-3H3,(H,11,14). The summed E-state index contributed by atoms with van der Waals surface area (Å²) in [6.45, 7) is 3.94. The summed E-state index contributed by atoms with van der Waals surface area (Å²) in [4.78, 5) is 17.9. The number of thiazole rings is 1. The van der Waals surface area contributed by atoms with Crippen LogP contribution in [-0.2, 0) is 0 Å². The molecule has 5 nitrogen and oxygen atoms in total. The van der Waals surface area contributed by atoms with Crippen molar-refractivity contribution in [3.63, 3.8) is 0 Å². The third-order valence-corrected chi connectivity index (χ3v) is 2.88. The third-order valence-electron chi connectivity index (χ3n) is 1.64. The van der Waals surface area contributed by atoms with Crippen molar-refractivity contribution < 1.29 is 4.79 Å². The molecule has 1 amide bonds. The Hall–Kier alpha value is -1.56. The van der Waals surface area contributed by atoms with Crippen LogP contribution in [0.5, 0.6) is 0 Å². The molecule has 0 aliphatic rings. The average molecular weight is 226 g/mol. The topological polar surface area (TPSA) is 71.2 Å². The largest absolute Gasteiger partial charge is 0.382 e. The highest BCUT2D eigenvalue weighted by Crippen LogP contribution is 2.26. The Labute approximate surface area is 92.6 Å². The average Bonchev–Trinajstić information content (AvgIpc) is 2.57. The summed E-state index contributed by atoms with van der Waals surface area (Å²) in [5, 5.41) is 3.38. The van der Waals surface area contributed by atoms with Crippen LogP contribution in [0.15, 0.2) is 12.7 Å². The van der Waals surface area contributed by atoms with Crippen molar-refractivity contribution in [2.45, 2.75) is 0 Å². The molecule has 1 aromatic heterocycles. The first-order chi connectivity index (χ1) is 7.06. The summed E-state index contributed by atoms with van der Waals surface area (Å²) in [5.74, 6) is 0.0586. The van der Waals surface area contributed by atoms with Crippen molar-refractivity contribution in [1.82, 2.24) is 10.3 Å². The fraction of sp³-hybridized carbons (Fsp3) is 0.333. The van der Waals surface area contributed by atoms with Gasteiger partial charge in [0.15, 0.2) is 5.13 Å². The number of nitrogens with two attached hydrogens (primary N) is 1. The summed E-state index contributed by atoms with van der Waals surface area (Å²) in [6.07, 6.45) is 1.61. The molecule has 15 heavy (non-hydrogen) atoms. The van der Waals surface area contributed by atoms with Gasteiger partial charge in [-0.15, -0.1) is 6.58 Å². The van der Waals surface area contributed by atoms with E-state index in [1.165, 1.54) is 11.3 Å². The Bertz CT molecular complexity index is 372. The Kier molecular flexibility index (Phi) is 3.68. The molecule has 0 bridgehead atoms. The number of carbonyl (C=O) groups excluding carboxylic acids is 1. The molecule has 6 heteroatoms. The van der Waals surface area contributed by atoms with Crippen LogP contribution in [0.4, 0.5) is 10.9 Å². The predicted octanol–water partition coefficient (Wildman–Crippen LogP) is 0.707. The lowest BCUT2D eigenvalue weighted by atomic mass is 10.4. The molecule has 0 atom stereocenters. The summed E-state index contributed by atoms with van der Waals surface area (Å²) >= 11 is 1.27. The lowest BCUT2D eigenvalue weighted by Crippen LogP contribution is -2.23. The van der Waals surface area contributed by atoms with E-state index < -0.39 is 0 Å². The summed E-state index contributed by atoms with van der Waals surface area (Å²) in [7, 11) is 3.70. The van der Waals surface area contributed by atoms with Crippen LogP contribution < -0.4 is 16.0 Å². The molecule has 0 aliphatic carbocycles. The number of hydrogen-bond donors (Lipinski definition) is 2. The van der Waals surface area contributed by atoms with Crippen LogP contribution in [0.2, 0.25) is 0 Å². The van der Waals surface area contributed by atoms with Gasteiger partial charge in [-0.25, -0.2) is 4.98 Å². The van der Waals surface area contributed by atoms with Gasteiger partial charge in [-0.1, -0.05) is 17.4 Å². The van der Waals surface area contributed by atoms with E-state index in [1.807, 2.05) is 19.0 Å². The smallest absolute Gasteiger partial charge is 0.265 e. The highest BCUT2D eigenvalue weighted by Gasteiger charge is 2.16. The molecule has 0 saturated carbocycles. The normalized spacial score (nSPS) is 9.73. The number of nitrogen functional groups attached to an aromatic ring is 1. The van der Waals surface area contributed by atoms with Gasteiger partial charge in [0, 0.05) is 20.6 Å². The number of amides is 1. The van der Waals surface area contributed by atoms with Gasteiger partial charge in [0.1, 0.15) is 10.7 Å². The van der Waals surface area contributed by atoms with Gasteiger partial charge in [0.05, 0.1) is 0 Å². The summed E-state index contributed by atoms with van der Waals surface area (Å²) in [5.41, 5.74) is 5.64. The van der Waals surface area contributed by atoms with Crippen LogP contribution >= 0.6 is 11.3 Å². The van der Waals surface area contributed by atoms with Crippen molar-refractivity contribution in [2.75, 3.05) is 31.3 Å². The maximum absolute atomic E-state index is 11.6. The fourth-order valence-electron chi connectivity index (χ4n) is 0.919. The van der Waals surface area contributed by atoms with Crippen LogP contribution in [-0.4, -0.2) is 31.5 Å². The van der Waals surface area contributed by atoms with Crippen molar-refractivity contribution in [3.8, 4) is 0 Å². The molecular formula is C9H14N4OS. The zero-order chi connectivity index (χ0) is 11.4. The molecule has 1 heterocycles. The molecule has 0 saturated heterocycles. The number of aromatic nitrogens is 1. The van der Waals surface area contributed by atoms with Gasteiger partial charge < -0.3 is 16.0 Å². The number of anilines is 2. The minimum Gasteiger partial charge on any atom is -0.382 e. The quantitative estimate of drug-likeness (QED) is 0.742. The van der Waals surface area contributed by atoms with E-state index in [-0.39, 0.29) is 11.7 Å². The zero-order valence-electron chi connectivity index (χ0n) is 8.78. The third kappa shape index (κ3) is 2.69. The maximum Gasteiger partial charge on any atom is 0.265 e. The van der Waals surface area contributed by atoms with Crippen LogP contribution in [0.3, 0.4) is 0 Å². The molecule has 0 spiro atoms. The molecule has 82 valence electrons. The molecule has 0 aromatic carbocycles. The summed E-state index contributed by atoms with van der Waals surface area (Å²) in [6, 6.07) is 0. The fourth-order valence-corrected chi connectivity index (χ4v) is 1.74. The Morgan fingerprint density at radius 1 is 1.73 bits per heavy atom. The Morgan fingerprint density at radius 3 is 2.87 bits per heavy atom. The second kappa shape index (κ2) is 4.79. The van der Waals surface area contributed by atoms with E-state index in [0.717, 1.165) is 5.13 Å². The van der Waals surface area contributed by atoms with E-state index in [9.17, 15) is 4.79 Å². The van der Waals surface area contributed by atoms with E-state index >= 15 is 0 Å². The maximum atomic E-state index is 11.6. The van der Waals surface area contributed by atoms with Gasteiger partial charge in [-0.2, -0.15) is 0 Å². The predicted molar refractivity (Wildman–Crippen MR) is 63.4 cm³/mol. The van der Waals surface area contributed by atoms with Gasteiger partial charge in [0.25, 0.3) is 5.91 Å². The van der Waals surface area contributed by atoms with Gasteiger partial charge in [-0.05, 0) is 0 Å². The molecule has 3 N–H and O–H groups in total. The van der Waals surface area contributed by atoms with Crippen molar-refractivity contribution >= 4 is 28.2 Å². The Balaban J connectivity index is 2.84. The SMILES string of the molecule is C=CCNC(=O)c1sc(N(C)C)nc1N. The monoisotopic (exact) mass is 226 g/mol. The number of nitrogens with one attached hydrogen (secondary N) is 1. The highest BCUT2D eigenvalue weighted by molar-refractivity contribution is 7.18. The number of nitrogens with zero attached hydrogens (tertiary/aromatic N) is 2. The minimum absolute atomic E-state index is 0.210. The molecule has 0 unspecified atom stereocenters. The van der Waals surface area contributed by atoms with Crippen molar-refractivity contribution in [1.29, 1.82) is 0 Å². The van der Waals surface area contributed by atoms with Gasteiger partial charge >= 0.3 is 0 Å². The van der Waals surface area contributed by atoms with Crippen LogP contribution in [0.25, 0.3) is 0 Å². The molecule has 0 aliphatic heterocycles.